The molecule has 0 bridgehead atoms. The summed E-state index contributed by atoms with van der Waals surface area (Å²) in [5.74, 6) is 0.610. The van der Waals surface area contributed by atoms with E-state index in [1.807, 2.05) is 0 Å². The van der Waals surface area contributed by atoms with Gasteiger partial charge in [-0.2, -0.15) is 0 Å². The Hall–Kier alpha value is -0.880. The van der Waals surface area contributed by atoms with E-state index in [0.29, 0.717) is 30.3 Å². The van der Waals surface area contributed by atoms with Crippen molar-refractivity contribution in [2.24, 2.45) is 0 Å². The van der Waals surface area contributed by atoms with Crippen molar-refractivity contribution in [3.8, 4) is 0 Å². The van der Waals surface area contributed by atoms with E-state index in [9.17, 15) is 9.59 Å². The molecule has 0 aliphatic rings. The first-order valence-corrected chi connectivity index (χ1v) is 7.43. The van der Waals surface area contributed by atoms with Gasteiger partial charge in [-0.3, -0.25) is 0 Å². The zero-order valence-corrected chi connectivity index (χ0v) is 11.4. The maximum atomic E-state index is 11.0. The fraction of sp³-hybridized carbons (Fsp3) is 0.455. The molecule has 0 N–H and O–H groups in total. The third-order valence-corrected chi connectivity index (χ3v) is 3.74. The molecular formula is C11H16O4S2. The van der Waals surface area contributed by atoms with Gasteiger partial charge in [-0.15, -0.1) is 0 Å². The SMILES string of the molecule is C=CC(=O)OCCSSCCOC(=O)C(=C)C. The molecule has 0 aliphatic heterocycles. The molecule has 0 heterocycles. The van der Waals surface area contributed by atoms with Crippen LogP contribution in [0.1, 0.15) is 6.92 Å². The van der Waals surface area contributed by atoms with E-state index in [0.717, 1.165) is 6.08 Å². The molecule has 0 aromatic rings. The van der Waals surface area contributed by atoms with Crippen LogP contribution < -0.4 is 0 Å². The molecule has 0 aromatic heterocycles. The summed E-state index contributed by atoms with van der Waals surface area (Å²) in [6.07, 6.45) is 1.13. The Morgan fingerprint density at radius 3 is 2.18 bits per heavy atom. The first kappa shape index (κ1) is 16.1. The summed E-state index contributed by atoms with van der Waals surface area (Å²) in [7, 11) is 3.12. The van der Waals surface area contributed by atoms with Crippen molar-refractivity contribution in [2.45, 2.75) is 6.92 Å². The average Bonchev–Trinajstić information content (AvgIpc) is 2.31. The Bertz CT molecular complexity index is 289. The van der Waals surface area contributed by atoms with Crippen molar-refractivity contribution in [3.05, 3.63) is 24.8 Å². The van der Waals surface area contributed by atoms with Crippen molar-refractivity contribution in [1.29, 1.82) is 0 Å². The minimum Gasteiger partial charge on any atom is -0.462 e. The van der Waals surface area contributed by atoms with Crippen LogP contribution >= 0.6 is 21.6 Å². The Morgan fingerprint density at radius 2 is 1.71 bits per heavy atom. The highest BCUT2D eigenvalue weighted by Crippen LogP contribution is 2.20. The summed E-state index contributed by atoms with van der Waals surface area (Å²) in [4.78, 5) is 21.6. The number of hydrogen-bond acceptors (Lipinski definition) is 6. The van der Waals surface area contributed by atoms with Crippen molar-refractivity contribution >= 4 is 33.5 Å². The fourth-order valence-corrected chi connectivity index (χ4v) is 2.30. The highest BCUT2D eigenvalue weighted by Gasteiger charge is 2.02. The van der Waals surface area contributed by atoms with Crippen molar-refractivity contribution in [1.82, 2.24) is 0 Å². The van der Waals surface area contributed by atoms with E-state index in [-0.39, 0.29) is 5.97 Å². The standard InChI is InChI=1S/C11H16O4S2/c1-4-10(12)14-5-7-16-17-8-6-15-11(13)9(2)3/h4H,1-2,5-8H2,3H3. The molecule has 96 valence electrons. The molecule has 0 spiro atoms. The molecule has 17 heavy (non-hydrogen) atoms. The Morgan fingerprint density at radius 1 is 1.18 bits per heavy atom. The van der Waals surface area contributed by atoms with Gasteiger partial charge in [0.2, 0.25) is 0 Å². The van der Waals surface area contributed by atoms with Crippen LogP contribution in [0.2, 0.25) is 0 Å². The number of rotatable bonds is 9. The highest BCUT2D eigenvalue weighted by molar-refractivity contribution is 8.76. The second-order valence-electron chi connectivity index (χ2n) is 2.93. The molecule has 0 radical (unpaired) electrons. The van der Waals surface area contributed by atoms with Gasteiger partial charge in [0.05, 0.1) is 0 Å². The number of hydrogen-bond donors (Lipinski definition) is 0. The van der Waals surface area contributed by atoms with Crippen LogP contribution in [-0.2, 0) is 19.1 Å². The maximum absolute atomic E-state index is 11.0. The van der Waals surface area contributed by atoms with Crippen molar-refractivity contribution in [2.75, 3.05) is 24.7 Å². The zero-order chi connectivity index (χ0) is 13.1. The van der Waals surface area contributed by atoms with Crippen LogP contribution in [-0.4, -0.2) is 36.7 Å². The van der Waals surface area contributed by atoms with E-state index in [1.165, 1.54) is 0 Å². The zero-order valence-electron chi connectivity index (χ0n) is 9.77. The Balaban J connectivity index is 3.24. The highest BCUT2D eigenvalue weighted by atomic mass is 33.1. The van der Waals surface area contributed by atoms with Crippen LogP contribution in [0.3, 0.4) is 0 Å². The minimum absolute atomic E-state index is 0.355. The number of ether oxygens (including phenoxy) is 2. The van der Waals surface area contributed by atoms with Crippen LogP contribution in [0.15, 0.2) is 24.8 Å². The van der Waals surface area contributed by atoms with Crippen LogP contribution in [0.5, 0.6) is 0 Å². The molecule has 0 rings (SSSR count). The summed E-state index contributed by atoms with van der Waals surface area (Å²) >= 11 is 0. The van der Waals surface area contributed by atoms with E-state index in [2.05, 4.69) is 13.2 Å². The predicted octanol–water partition coefficient (Wildman–Crippen LogP) is 2.22. The number of esters is 2. The first-order chi connectivity index (χ1) is 8.07. The lowest BCUT2D eigenvalue weighted by Gasteiger charge is -2.04. The lowest BCUT2D eigenvalue weighted by Crippen LogP contribution is -2.07. The maximum Gasteiger partial charge on any atom is 0.333 e. The molecule has 4 nitrogen and oxygen atoms in total. The normalized spacial score (nSPS) is 9.47. The van der Waals surface area contributed by atoms with Gasteiger partial charge in [0.25, 0.3) is 0 Å². The molecule has 0 unspecified atom stereocenters. The molecule has 0 amide bonds. The van der Waals surface area contributed by atoms with Crippen LogP contribution in [0.4, 0.5) is 0 Å². The summed E-state index contributed by atoms with van der Waals surface area (Å²) in [6, 6.07) is 0. The molecule has 0 saturated carbocycles. The summed E-state index contributed by atoms with van der Waals surface area (Å²) in [5.41, 5.74) is 0.402. The molecule has 0 aromatic carbocycles. The lowest BCUT2D eigenvalue weighted by molar-refractivity contribution is -0.138. The molecule has 6 heteroatoms. The van der Waals surface area contributed by atoms with Gasteiger partial charge >= 0.3 is 11.9 Å². The summed E-state index contributed by atoms with van der Waals surface area (Å²) < 4.78 is 9.67. The van der Waals surface area contributed by atoms with Gasteiger partial charge in [0, 0.05) is 23.2 Å². The smallest absolute Gasteiger partial charge is 0.333 e. The predicted molar refractivity (Wildman–Crippen MR) is 71.8 cm³/mol. The second kappa shape index (κ2) is 10.3. The fourth-order valence-electron chi connectivity index (χ4n) is 0.645. The first-order valence-electron chi connectivity index (χ1n) is 4.94. The van der Waals surface area contributed by atoms with Crippen LogP contribution in [0.25, 0.3) is 0 Å². The van der Waals surface area contributed by atoms with Gasteiger partial charge in [0.15, 0.2) is 0 Å². The lowest BCUT2D eigenvalue weighted by atomic mass is 10.4. The Labute approximate surface area is 109 Å². The van der Waals surface area contributed by atoms with E-state index in [4.69, 9.17) is 9.47 Å². The Kier molecular flexibility index (Phi) is 9.75. The quantitative estimate of drug-likeness (QED) is 0.278. The van der Waals surface area contributed by atoms with Crippen molar-refractivity contribution < 1.29 is 19.1 Å². The van der Waals surface area contributed by atoms with Gasteiger partial charge in [0.1, 0.15) is 13.2 Å². The average molecular weight is 276 g/mol. The molecular weight excluding hydrogens is 260 g/mol. The van der Waals surface area contributed by atoms with Gasteiger partial charge in [-0.1, -0.05) is 34.7 Å². The third kappa shape index (κ3) is 10.0. The molecule has 0 saturated heterocycles. The minimum atomic E-state index is -0.411. The van der Waals surface area contributed by atoms with Gasteiger partial charge in [-0.25, -0.2) is 9.59 Å². The number of carbonyl (C=O) groups excluding carboxylic acids is 2. The van der Waals surface area contributed by atoms with Crippen LogP contribution in [0, 0.1) is 0 Å². The molecule has 0 atom stereocenters. The topological polar surface area (TPSA) is 52.6 Å². The second-order valence-corrected chi connectivity index (χ2v) is 5.63. The van der Waals surface area contributed by atoms with E-state index >= 15 is 0 Å². The van der Waals surface area contributed by atoms with Crippen molar-refractivity contribution in [3.63, 3.8) is 0 Å². The third-order valence-electron chi connectivity index (χ3n) is 1.41. The van der Waals surface area contributed by atoms with Gasteiger partial charge < -0.3 is 9.47 Å². The van der Waals surface area contributed by atoms with E-state index in [1.54, 1.807) is 28.5 Å². The molecule has 0 fully saturated rings. The molecule has 0 aliphatic carbocycles. The summed E-state index contributed by atoms with van der Waals surface area (Å²) in [5, 5.41) is 0. The summed E-state index contributed by atoms with van der Waals surface area (Å²) in [6.45, 7) is 9.09. The van der Waals surface area contributed by atoms with E-state index < -0.39 is 5.97 Å². The van der Waals surface area contributed by atoms with Gasteiger partial charge in [-0.05, 0) is 6.92 Å². The largest absolute Gasteiger partial charge is 0.462 e. The number of carbonyl (C=O) groups is 2. The monoisotopic (exact) mass is 276 g/mol.